The summed E-state index contributed by atoms with van der Waals surface area (Å²) in [5, 5.41) is 13.0. The fourth-order valence-electron chi connectivity index (χ4n) is 3.95. The molecule has 0 spiro atoms. The van der Waals surface area contributed by atoms with Gasteiger partial charge in [0.1, 0.15) is 0 Å². The van der Waals surface area contributed by atoms with Crippen LogP contribution in [0.25, 0.3) is 0 Å². The van der Waals surface area contributed by atoms with E-state index in [9.17, 15) is 4.79 Å². The molecule has 0 aromatic carbocycles. The Hall–Kier alpha value is -1.28. The van der Waals surface area contributed by atoms with Crippen molar-refractivity contribution in [3.05, 3.63) is 0 Å². The SMILES string of the molecule is CCN1CCC(NC(=O)CSc2nnc(N3CCCC3)n2C2CC2)CC1. The van der Waals surface area contributed by atoms with Gasteiger partial charge >= 0.3 is 0 Å². The van der Waals surface area contributed by atoms with E-state index < -0.39 is 0 Å². The van der Waals surface area contributed by atoms with Crippen LogP contribution in [-0.2, 0) is 4.79 Å². The molecule has 1 saturated carbocycles. The lowest BCUT2D eigenvalue weighted by atomic mass is 10.1. The number of hydrogen-bond acceptors (Lipinski definition) is 6. The Labute approximate surface area is 159 Å². The summed E-state index contributed by atoms with van der Waals surface area (Å²) in [6, 6.07) is 0.858. The minimum Gasteiger partial charge on any atom is -0.353 e. The number of carbonyl (C=O) groups is 1. The first-order valence-electron chi connectivity index (χ1n) is 10.1. The number of amides is 1. The zero-order valence-electron chi connectivity index (χ0n) is 15.7. The second-order valence-corrected chi connectivity index (χ2v) is 8.59. The van der Waals surface area contributed by atoms with E-state index in [1.165, 1.54) is 37.4 Å². The second-order valence-electron chi connectivity index (χ2n) is 7.64. The zero-order chi connectivity index (χ0) is 17.9. The van der Waals surface area contributed by atoms with E-state index in [1.54, 1.807) is 0 Å². The Balaban J connectivity index is 1.31. The first-order valence-corrected chi connectivity index (χ1v) is 11.1. The van der Waals surface area contributed by atoms with Gasteiger partial charge in [0.05, 0.1) is 5.75 Å². The summed E-state index contributed by atoms with van der Waals surface area (Å²) in [5.41, 5.74) is 0. The predicted octanol–water partition coefficient (Wildman–Crippen LogP) is 1.91. The van der Waals surface area contributed by atoms with E-state index >= 15 is 0 Å². The maximum absolute atomic E-state index is 12.4. The zero-order valence-corrected chi connectivity index (χ0v) is 16.5. The van der Waals surface area contributed by atoms with Gasteiger partial charge in [-0.15, -0.1) is 10.2 Å². The van der Waals surface area contributed by atoms with Crippen LogP contribution in [0.15, 0.2) is 5.16 Å². The molecule has 3 aliphatic rings. The first-order chi connectivity index (χ1) is 12.7. The van der Waals surface area contributed by atoms with Crippen LogP contribution in [0.3, 0.4) is 0 Å². The largest absolute Gasteiger partial charge is 0.353 e. The van der Waals surface area contributed by atoms with Crippen LogP contribution >= 0.6 is 11.8 Å². The number of nitrogens with one attached hydrogen (secondary N) is 1. The van der Waals surface area contributed by atoms with Crippen molar-refractivity contribution in [3.8, 4) is 0 Å². The van der Waals surface area contributed by atoms with Gasteiger partial charge in [0, 0.05) is 38.3 Å². The molecule has 1 N–H and O–H groups in total. The molecule has 1 aromatic heterocycles. The fraction of sp³-hybridized carbons (Fsp3) is 0.833. The van der Waals surface area contributed by atoms with Crippen LogP contribution in [0.1, 0.15) is 51.5 Å². The smallest absolute Gasteiger partial charge is 0.230 e. The molecule has 4 rings (SSSR count). The van der Waals surface area contributed by atoms with Crippen LogP contribution in [-0.4, -0.2) is 70.1 Å². The molecule has 0 unspecified atom stereocenters. The molecule has 1 aliphatic carbocycles. The van der Waals surface area contributed by atoms with E-state index in [-0.39, 0.29) is 5.91 Å². The van der Waals surface area contributed by atoms with Crippen molar-refractivity contribution in [1.82, 2.24) is 25.0 Å². The third-order valence-corrected chi connectivity index (χ3v) is 6.62. The van der Waals surface area contributed by atoms with Crippen molar-refractivity contribution in [2.24, 2.45) is 0 Å². The maximum Gasteiger partial charge on any atom is 0.230 e. The molecule has 1 amide bonds. The Kier molecular flexibility index (Phi) is 5.69. The highest BCUT2D eigenvalue weighted by molar-refractivity contribution is 7.99. The van der Waals surface area contributed by atoms with Crippen LogP contribution in [0.5, 0.6) is 0 Å². The molecule has 2 aliphatic heterocycles. The van der Waals surface area contributed by atoms with Gasteiger partial charge in [-0.3, -0.25) is 9.36 Å². The van der Waals surface area contributed by atoms with Crippen molar-refractivity contribution in [2.45, 2.75) is 62.7 Å². The highest BCUT2D eigenvalue weighted by Gasteiger charge is 2.32. The molecule has 26 heavy (non-hydrogen) atoms. The number of nitrogens with zero attached hydrogens (tertiary/aromatic N) is 5. The highest BCUT2D eigenvalue weighted by Crippen LogP contribution is 2.41. The molecular weight excluding hydrogens is 348 g/mol. The van der Waals surface area contributed by atoms with Gasteiger partial charge in [-0.2, -0.15) is 0 Å². The summed E-state index contributed by atoms with van der Waals surface area (Å²) < 4.78 is 2.28. The number of carbonyl (C=O) groups excluding carboxylic acids is 1. The highest BCUT2D eigenvalue weighted by atomic mass is 32.2. The molecule has 7 nitrogen and oxygen atoms in total. The van der Waals surface area contributed by atoms with E-state index in [2.05, 4.69) is 36.8 Å². The van der Waals surface area contributed by atoms with E-state index in [1.807, 2.05) is 0 Å². The van der Waals surface area contributed by atoms with Gasteiger partial charge in [-0.25, -0.2) is 0 Å². The van der Waals surface area contributed by atoms with Crippen molar-refractivity contribution in [3.63, 3.8) is 0 Å². The first kappa shape index (κ1) is 18.1. The number of thioether (sulfide) groups is 1. The lowest BCUT2D eigenvalue weighted by Gasteiger charge is -2.31. The minimum absolute atomic E-state index is 0.123. The maximum atomic E-state index is 12.4. The van der Waals surface area contributed by atoms with Gasteiger partial charge in [0.2, 0.25) is 11.9 Å². The number of rotatable bonds is 7. The van der Waals surface area contributed by atoms with Gasteiger partial charge in [-0.1, -0.05) is 18.7 Å². The molecule has 2 saturated heterocycles. The van der Waals surface area contributed by atoms with Gasteiger partial charge in [0.25, 0.3) is 0 Å². The van der Waals surface area contributed by atoms with E-state index in [0.29, 0.717) is 17.8 Å². The summed E-state index contributed by atoms with van der Waals surface area (Å²) in [7, 11) is 0. The number of aromatic nitrogens is 3. The molecule has 3 fully saturated rings. The van der Waals surface area contributed by atoms with Gasteiger partial charge in [0.15, 0.2) is 5.16 Å². The Morgan fingerprint density at radius 1 is 1.12 bits per heavy atom. The van der Waals surface area contributed by atoms with Gasteiger partial charge in [-0.05, 0) is 45.1 Å². The fourth-order valence-corrected chi connectivity index (χ4v) is 4.76. The van der Waals surface area contributed by atoms with Crippen LogP contribution < -0.4 is 10.2 Å². The summed E-state index contributed by atoms with van der Waals surface area (Å²) in [6.45, 7) is 7.63. The lowest BCUT2D eigenvalue weighted by molar-refractivity contribution is -0.119. The van der Waals surface area contributed by atoms with Crippen molar-refractivity contribution in [1.29, 1.82) is 0 Å². The summed E-state index contributed by atoms with van der Waals surface area (Å²) in [6.07, 6.45) is 6.99. The topological polar surface area (TPSA) is 66.3 Å². The lowest BCUT2D eigenvalue weighted by Crippen LogP contribution is -2.45. The molecule has 3 heterocycles. The Bertz CT molecular complexity index is 617. The number of piperidine rings is 1. The van der Waals surface area contributed by atoms with Gasteiger partial charge < -0.3 is 15.1 Å². The quantitative estimate of drug-likeness (QED) is 0.731. The van der Waals surface area contributed by atoms with Crippen molar-refractivity contribution >= 4 is 23.6 Å². The average Bonchev–Trinajstić information content (AvgIpc) is 3.18. The molecule has 8 heteroatoms. The van der Waals surface area contributed by atoms with Crippen LogP contribution in [0.2, 0.25) is 0 Å². The normalized spacial score (nSPS) is 22.1. The monoisotopic (exact) mass is 378 g/mol. The number of likely N-dealkylation sites (tertiary alicyclic amines) is 1. The number of anilines is 1. The summed E-state index contributed by atoms with van der Waals surface area (Å²) in [4.78, 5) is 17.2. The second kappa shape index (κ2) is 8.17. The Morgan fingerprint density at radius 2 is 1.85 bits per heavy atom. The van der Waals surface area contributed by atoms with Crippen molar-refractivity contribution in [2.75, 3.05) is 43.4 Å². The average molecular weight is 379 g/mol. The Morgan fingerprint density at radius 3 is 2.50 bits per heavy atom. The van der Waals surface area contributed by atoms with E-state index in [0.717, 1.165) is 56.7 Å². The molecular formula is C18H30N6OS. The summed E-state index contributed by atoms with van der Waals surface area (Å²) >= 11 is 1.54. The molecule has 1 aromatic rings. The minimum atomic E-state index is 0.123. The molecule has 0 bridgehead atoms. The summed E-state index contributed by atoms with van der Waals surface area (Å²) in [5.74, 6) is 1.57. The molecule has 0 atom stereocenters. The van der Waals surface area contributed by atoms with E-state index in [4.69, 9.17) is 0 Å². The predicted molar refractivity (Wildman–Crippen MR) is 104 cm³/mol. The number of hydrogen-bond donors (Lipinski definition) is 1. The molecule has 0 radical (unpaired) electrons. The third kappa shape index (κ3) is 4.17. The standard InChI is InChI=1S/C18H30N6OS/c1-2-22-11-7-14(8-12-22)19-16(25)13-26-18-21-20-17(23-9-3-4-10-23)24(18)15-5-6-15/h14-15H,2-13H2,1H3,(H,19,25). The van der Waals surface area contributed by atoms with Crippen molar-refractivity contribution < 1.29 is 4.79 Å². The molecule has 144 valence electrons. The van der Waals surface area contributed by atoms with Crippen LogP contribution in [0.4, 0.5) is 5.95 Å². The van der Waals surface area contributed by atoms with Crippen LogP contribution in [0, 0.1) is 0 Å². The third-order valence-electron chi connectivity index (χ3n) is 5.68.